The number of rotatable bonds is 6. The summed E-state index contributed by atoms with van der Waals surface area (Å²) in [6.07, 6.45) is 8.68. The van der Waals surface area contributed by atoms with Crippen molar-refractivity contribution in [3.8, 4) is 0 Å². The Bertz CT molecular complexity index is 467. The summed E-state index contributed by atoms with van der Waals surface area (Å²) in [6.45, 7) is 1.55. The molecule has 1 aromatic heterocycles. The zero-order valence-electron chi connectivity index (χ0n) is 10.3. The van der Waals surface area contributed by atoms with Crippen LogP contribution >= 0.6 is 15.9 Å². The molecule has 0 amide bonds. The molecule has 2 aliphatic carbocycles. The normalized spacial score (nSPS) is 19.4. The monoisotopic (exact) mass is 311 g/mol. The topological polar surface area (TPSA) is 46.9 Å². The molecule has 0 aromatic carbocycles. The largest absolute Gasteiger partial charge is 0.312 e. The highest BCUT2D eigenvalue weighted by Gasteiger charge is 2.40. The first-order valence-electron chi connectivity index (χ1n) is 6.69. The summed E-state index contributed by atoms with van der Waals surface area (Å²) < 4.78 is 2.19. The fourth-order valence-corrected chi connectivity index (χ4v) is 2.91. The molecule has 2 saturated carbocycles. The molecular weight excluding hydrogens is 294 g/mol. The van der Waals surface area contributed by atoms with Crippen LogP contribution in [0.4, 0.5) is 0 Å². The van der Waals surface area contributed by atoms with Crippen LogP contribution in [-0.4, -0.2) is 22.1 Å². The molecule has 4 nitrogen and oxygen atoms in total. The van der Waals surface area contributed by atoms with E-state index in [1.807, 2.05) is 0 Å². The van der Waals surface area contributed by atoms with Crippen LogP contribution in [0.15, 0.2) is 21.8 Å². The lowest BCUT2D eigenvalue weighted by Gasteiger charge is -2.17. The first-order valence-corrected chi connectivity index (χ1v) is 7.48. The molecule has 3 rings (SSSR count). The van der Waals surface area contributed by atoms with Gasteiger partial charge in [0.1, 0.15) is 4.47 Å². The minimum atomic E-state index is 0.00111. The van der Waals surface area contributed by atoms with Gasteiger partial charge in [-0.3, -0.25) is 9.36 Å². The third-order valence-corrected chi connectivity index (χ3v) is 4.40. The van der Waals surface area contributed by atoms with Crippen molar-refractivity contribution in [2.75, 3.05) is 6.54 Å². The summed E-state index contributed by atoms with van der Waals surface area (Å²) in [5, 5.41) is 3.64. The predicted molar refractivity (Wildman–Crippen MR) is 73.4 cm³/mol. The molecule has 1 N–H and O–H groups in total. The van der Waals surface area contributed by atoms with Crippen LogP contribution in [0.5, 0.6) is 0 Å². The Kier molecular flexibility index (Phi) is 3.52. The van der Waals surface area contributed by atoms with E-state index < -0.39 is 0 Å². The molecule has 1 heterocycles. The maximum Gasteiger partial charge on any atom is 0.267 e. The zero-order chi connectivity index (χ0) is 12.5. The van der Waals surface area contributed by atoms with Crippen molar-refractivity contribution >= 4 is 15.9 Å². The Morgan fingerprint density at radius 2 is 2.06 bits per heavy atom. The van der Waals surface area contributed by atoms with Gasteiger partial charge < -0.3 is 5.32 Å². The van der Waals surface area contributed by atoms with E-state index >= 15 is 0 Å². The highest BCUT2D eigenvalue weighted by atomic mass is 79.9. The van der Waals surface area contributed by atoms with E-state index in [-0.39, 0.29) is 5.56 Å². The number of hydrogen-bond donors (Lipinski definition) is 1. The van der Waals surface area contributed by atoms with Crippen LogP contribution < -0.4 is 10.9 Å². The summed E-state index contributed by atoms with van der Waals surface area (Å²) in [6, 6.07) is 0.695. The van der Waals surface area contributed by atoms with E-state index in [0.29, 0.717) is 17.1 Å². The van der Waals surface area contributed by atoms with Crippen LogP contribution in [0.25, 0.3) is 0 Å². The standard InChI is InChI=1S/C13H18BrN3O/c14-11-7-15-8-17(13(11)18)6-5-16-12(9-1-2-9)10-3-4-10/h7-10,12,16H,1-6H2. The molecule has 0 unspecified atom stereocenters. The van der Waals surface area contributed by atoms with E-state index in [1.165, 1.54) is 25.7 Å². The fourth-order valence-electron chi connectivity index (χ4n) is 2.56. The van der Waals surface area contributed by atoms with Crippen LogP contribution in [0, 0.1) is 11.8 Å². The molecular formula is C13H18BrN3O. The third-order valence-electron chi connectivity index (χ3n) is 3.85. The van der Waals surface area contributed by atoms with Gasteiger partial charge in [-0.2, -0.15) is 0 Å². The Morgan fingerprint density at radius 3 is 2.67 bits per heavy atom. The molecule has 0 saturated heterocycles. The third kappa shape index (κ3) is 2.83. The molecule has 5 heteroatoms. The molecule has 0 aliphatic heterocycles. The Hall–Kier alpha value is -0.680. The van der Waals surface area contributed by atoms with Gasteiger partial charge in [-0.15, -0.1) is 0 Å². The van der Waals surface area contributed by atoms with Gasteiger partial charge in [0.25, 0.3) is 5.56 Å². The quantitative estimate of drug-likeness (QED) is 0.871. The van der Waals surface area contributed by atoms with Crippen molar-refractivity contribution in [2.24, 2.45) is 11.8 Å². The summed E-state index contributed by atoms with van der Waals surface area (Å²) in [5.41, 5.74) is 0.00111. The molecule has 2 fully saturated rings. The Labute approximate surface area is 115 Å². The molecule has 0 radical (unpaired) electrons. The second-order valence-electron chi connectivity index (χ2n) is 5.39. The zero-order valence-corrected chi connectivity index (χ0v) is 11.9. The number of halogens is 1. The van der Waals surface area contributed by atoms with Gasteiger partial charge in [0.05, 0.1) is 6.33 Å². The van der Waals surface area contributed by atoms with Gasteiger partial charge in [0.15, 0.2) is 0 Å². The first kappa shape index (κ1) is 12.4. The SMILES string of the molecule is O=c1c(Br)cncn1CCNC(C1CC1)C1CC1. The van der Waals surface area contributed by atoms with Gasteiger partial charge in [0.2, 0.25) is 0 Å². The molecule has 0 bridgehead atoms. The molecule has 18 heavy (non-hydrogen) atoms. The van der Waals surface area contributed by atoms with E-state index in [2.05, 4.69) is 26.2 Å². The van der Waals surface area contributed by atoms with Crippen molar-refractivity contribution in [3.05, 3.63) is 27.4 Å². The molecule has 2 aliphatic rings. The average Bonchev–Trinajstić information content (AvgIpc) is 3.23. The minimum absolute atomic E-state index is 0.00111. The van der Waals surface area contributed by atoms with Crippen molar-refractivity contribution in [2.45, 2.75) is 38.3 Å². The van der Waals surface area contributed by atoms with Gasteiger partial charge in [-0.25, -0.2) is 4.98 Å². The maximum absolute atomic E-state index is 11.8. The summed E-state index contributed by atoms with van der Waals surface area (Å²) >= 11 is 3.22. The van der Waals surface area contributed by atoms with Crippen molar-refractivity contribution in [1.82, 2.24) is 14.9 Å². The predicted octanol–water partition coefficient (Wildman–Crippen LogP) is 1.78. The van der Waals surface area contributed by atoms with Gasteiger partial charge in [-0.1, -0.05) is 0 Å². The highest BCUT2D eigenvalue weighted by molar-refractivity contribution is 9.10. The molecule has 1 aromatic rings. The number of nitrogens with zero attached hydrogens (tertiary/aromatic N) is 2. The van der Waals surface area contributed by atoms with Crippen molar-refractivity contribution in [3.63, 3.8) is 0 Å². The lowest BCUT2D eigenvalue weighted by atomic mass is 10.1. The molecule has 98 valence electrons. The van der Waals surface area contributed by atoms with E-state index in [1.54, 1.807) is 17.1 Å². The fraction of sp³-hybridized carbons (Fsp3) is 0.692. The summed E-state index contributed by atoms with van der Waals surface area (Å²) in [7, 11) is 0. The molecule has 0 spiro atoms. The second kappa shape index (κ2) is 5.13. The van der Waals surface area contributed by atoms with Gasteiger partial charge >= 0.3 is 0 Å². The first-order chi connectivity index (χ1) is 8.75. The van der Waals surface area contributed by atoms with Crippen LogP contribution in [-0.2, 0) is 6.54 Å². The lowest BCUT2D eigenvalue weighted by molar-refractivity contribution is 0.404. The van der Waals surface area contributed by atoms with E-state index in [9.17, 15) is 4.79 Å². The summed E-state index contributed by atoms with van der Waals surface area (Å²) in [4.78, 5) is 15.8. The van der Waals surface area contributed by atoms with Crippen molar-refractivity contribution < 1.29 is 0 Å². The van der Waals surface area contributed by atoms with Crippen LogP contribution in [0.3, 0.4) is 0 Å². The van der Waals surface area contributed by atoms with Gasteiger partial charge in [0, 0.05) is 25.3 Å². The summed E-state index contributed by atoms with van der Waals surface area (Å²) in [5.74, 6) is 1.80. The Balaban J connectivity index is 1.54. The molecule has 0 atom stereocenters. The lowest BCUT2D eigenvalue weighted by Crippen LogP contribution is -2.37. The van der Waals surface area contributed by atoms with Crippen LogP contribution in [0.1, 0.15) is 25.7 Å². The van der Waals surface area contributed by atoms with Crippen molar-refractivity contribution in [1.29, 1.82) is 0 Å². The second-order valence-corrected chi connectivity index (χ2v) is 6.25. The number of nitrogens with one attached hydrogen (secondary N) is 1. The number of aromatic nitrogens is 2. The minimum Gasteiger partial charge on any atom is -0.312 e. The van der Waals surface area contributed by atoms with E-state index in [4.69, 9.17) is 0 Å². The smallest absolute Gasteiger partial charge is 0.267 e. The maximum atomic E-state index is 11.8. The van der Waals surface area contributed by atoms with Gasteiger partial charge in [-0.05, 0) is 53.4 Å². The Morgan fingerprint density at radius 1 is 1.39 bits per heavy atom. The highest BCUT2D eigenvalue weighted by Crippen LogP contribution is 2.44. The van der Waals surface area contributed by atoms with Crippen LogP contribution in [0.2, 0.25) is 0 Å². The average molecular weight is 312 g/mol. The van der Waals surface area contributed by atoms with E-state index in [0.717, 1.165) is 18.4 Å². The number of hydrogen-bond acceptors (Lipinski definition) is 3.